The molecule has 8 nitrogen and oxygen atoms in total. The van der Waals surface area contributed by atoms with Crippen LogP contribution in [0.4, 0.5) is 23.5 Å². The quantitative estimate of drug-likeness (QED) is 0.418. The van der Waals surface area contributed by atoms with Crippen LogP contribution in [0.2, 0.25) is 0 Å². The average molecular weight is 346 g/mol. The number of unbranched alkanes of at least 4 members (excludes halogenated alkanes) is 1. The SMILES string of the molecule is CCCCc1ccc(Nc2nc(NCCO)nc(NCCO)n2)cc1. The molecule has 0 saturated heterocycles. The van der Waals surface area contributed by atoms with Gasteiger partial charge in [0.15, 0.2) is 0 Å². The number of benzene rings is 1. The number of rotatable bonds is 11. The summed E-state index contributed by atoms with van der Waals surface area (Å²) in [6.45, 7) is 2.83. The molecule has 0 aliphatic rings. The van der Waals surface area contributed by atoms with Crippen molar-refractivity contribution in [1.29, 1.82) is 0 Å². The number of aromatic nitrogens is 3. The van der Waals surface area contributed by atoms with Crippen LogP contribution in [0.15, 0.2) is 24.3 Å². The van der Waals surface area contributed by atoms with Gasteiger partial charge in [-0.15, -0.1) is 0 Å². The molecular formula is C17H26N6O2. The lowest BCUT2D eigenvalue weighted by molar-refractivity contribution is 0.310. The zero-order chi connectivity index (χ0) is 17.9. The highest BCUT2D eigenvalue weighted by molar-refractivity contribution is 5.56. The van der Waals surface area contributed by atoms with Crippen molar-refractivity contribution in [2.45, 2.75) is 26.2 Å². The molecule has 0 spiro atoms. The van der Waals surface area contributed by atoms with E-state index in [1.165, 1.54) is 18.4 Å². The second-order valence-corrected chi connectivity index (χ2v) is 5.53. The van der Waals surface area contributed by atoms with E-state index in [1.807, 2.05) is 12.1 Å². The van der Waals surface area contributed by atoms with Gasteiger partial charge in [-0.2, -0.15) is 15.0 Å². The summed E-state index contributed by atoms with van der Waals surface area (Å²) in [5.41, 5.74) is 2.19. The molecule has 1 aromatic heterocycles. The van der Waals surface area contributed by atoms with Crippen LogP contribution in [0.3, 0.4) is 0 Å². The first kappa shape index (κ1) is 18.9. The number of anilines is 4. The average Bonchev–Trinajstić information content (AvgIpc) is 2.64. The number of aliphatic hydroxyl groups is 2. The molecule has 1 heterocycles. The number of nitrogens with zero attached hydrogens (tertiary/aromatic N) is 3. The third-order valence-electron chi connectivity index (χ3n) is 3.45. The number of aliphatic hydroxyl groups excluding tert-OH is 2. The van der Waals surface area contributed by atoms with Crippen molar-refractivity contribution in [1.82, 2.24) is 15.0 Å². The zero-order valence-electron chi connectivity index (χ0n) is 14.5. The lowest BCUT2D eigenvalue weighted by atomic mass is 10.1. The van der Waals surface area contributed by atoms with Crippen molar-refractivity contribution in [3.8, 4) is 0 Å². The Bertz CT molecular complexity index is 609. The highest BCUT2D eigenvalue weighted by Gasteiger charge is 2.07. The number of hydrogen-bond donors (Lipinski definition) is 5. The largest absolute Gasteiger partial charge is 0.395 e. The summed E-state index contributed by atoms with van der Waals surface area (Å²) < 4.78 is 0. The highest BCUT2D eigenvalue weighted by atomic mass is 16.3. The molecule has 2 aromatic rings. The second-order valence-electron chi connectivity index (χ2n) is 5.53. The summed E-state index contributed by atoms with van der Waals surface area (Å²) in [6, 6.07) is 8.18. The molecule has 8 heteroatoms. The van der Waals surface area contributed by atoms with E-state index in [-0.39, 0.29) is 13.2 Å². The standard InChI is InChI=1S/C17H26N6O2/c1-2-3-4-13-5-7-14(8-6-13)20-17-22-15(18-9-11-24)21-16(23-17)19-10-12-25/h5-8,24-25H,2-4,9-12H2,1H3,(H3,18,19,20,21,22,23). The van der Waals surface area contributed by atoms with Gasteiger partial charge in [0.05, 0.1) is 13.2 Å². The van der Waals surface area contributed by atoms with E-state index in [2.05, 4.69) is 50.0 Å². The maximum absolute atomic E-state index is 8.93. The van der Waals surface area contributed by atoms with E-state index in [0.717, 1.165) is 12.1 Å². The number of aryl methyl sites for hydroxylation is 1. The summed E-state index contributed by atoms with van der Waals surface area (Å²) in [5, 5.41) is 26.8. The first-order chi connectivity index (χ1) is 12.2. The second kappa shape index (κ2) is 10.4. The normalized spacial score (nSPS) is 10.5. The van der Waals surface area contributed by atoms with E-state index in [9.17, 15) is 0 Å². The highest BCUT2D eigenvalue weighted by Crippen LogP contribution is 2.17. The Labute approximate surface area is 147 Å². The van der Waals surface area contributed by atoms with Crippen molar-refractivity contribution >= 4 is 23.5 Å². The predicted molar refractivity (Wildman–Crippen MR) is 99.3 cm³/mol. The Morgan fingerprint density at radius 2 is 1.40 bits per heavy atom. The summed E-state index contributed by atoms with van der Waals surface area (Å²) in [7, 11) is 0. The molecule has 0 saturated carbocycles. The molecule has 2 rings (SSSR count). The Kier molecular flexibility index (Phi) is 7.87. The molecule has 0 aliphatic carbocycles. The predicted octanol–water partition coefficient (Wildman–Crippen LogP) is 1.77. The summed E-state index contributed by atoms with van der Waals surface area (Å²) in [4.78, 5) is 12.8. The van der Waals surface area contributed by atoms with Gasteiger partial charge in [-0.05, 0) is 30.5 Å². The molecule has 0 radical (unpaired) electrons. The molecule has 1 aromatic carbocycles. The van der Waals surface area contributed by atoms with E-state index in [4.69, 9.17) is 10.2 Å². The van der Waals surface area contributed by atoms with Gasteiger partial charge in [0.25, 0.3) is 0 Å². The lowest BCUT2D eigenvalue weighted by Crippen LogP contribution is -2.14. The molecule has 5 N–H and O–H groups in total. The van der Waals surface area contributed by atoms with Crippen LogP contribution < -0.4 is 16.0 Å². The van der Waals surface area contributed by atoms with Gasteiger partial charge in [0.1, 0.15) is 0 Å². The van der Waals surface area contributed by atoms with Crippen molar-refractivity contribution in [3.63, 3.8) is 0 Å². The van der Waals surface area contributed by atoms with Crippen LogP contribution in [0.1, 0.15) is 25.3 Å². The Morgan fingerprint density at radius 1 is 0.840 bits per heavy atom. The van der Waals surface area contributed by atoms with Gasteiger partial charge in [0.2, 0.25) is 17.8 Å². The van der Waals surface area contributed by atoms with Crippen LogP contribution in [0.5, 0.6) is 0 Å². The first-order valence-electron chi connectivity index (χ1n) is 8.56. The Morgan fingerprint density at radius 3 is 1.92 bits per heavy atom. The zero-order valence-corrected chi connectivity index (χ0v) is 14.5. The molecular weight excluding hydrogens is 320 g/mol. The van der Waals surface area contributed by atoms with Crippen LogP contribution in [-0.2, 0) is 6.42 Å². The van der Waals surface area contributed by atoms with E-state index in [0.29, 0.717) is 30.9 Å². The monoisotopic (exact) mass is 346 g/mol. The minimum atomic E-state index is -0.0208. The van der Waals surface area contributed by atoms with Crippen molar-refractivity contribution in [2.24, 2.45) is 0 Å². The smallest absolute Gasteiger partial charge is 0.233 e. The summed E-state index contributed by atoms with van der Waals surface area (Å²) >= 11 is 0. The van der Waals surface area contributed by atoms with E-state index < -0.39 is 0 Å². The molecule has 0 bridgehead atoms. The Hall–Kier alpha value is -2.45. The van der Waals surface area contributed by atoms with Crippen LogP contribution in [0, 0.1) is 0 Å². The molecule has 0 amide bonds. The maximum Gasteiger partial charge on any atom is 0.233 e. The van der Waals surface area contributed by atoms with Gasteiger partial charge in [-0.25, -0.2) is 0 Å². The maximum atomic E-state index is 8.93. The fourth-order valence-electron chi connectivity index (χ4n) is 2.19. The third-order valence-corrected chi connectivity index (χ3v) is 3.45. The third kappa shape index (κ3) is 6.52. The first-order valence-corrected chi connectivity index (χ1v) is 8.56. The van der Waals surface area contributed by atoms with Crippen molar-refractivity contribution in [2.75, 3.05) is 42.3 Å². The molecule has 0 fully saturated rings. The molecule has 0 aliphatic heterocycles. The fourth-order valence-corrected chi connectivity index (χ4v) is 2.19. The lowest BCUT2D eigenvalue weighted by Gasteiger charge is -2.11. The molecule has 0 atom stereocenters. The van der Waals surface area contributed by atoms with Crippen molar-refractivity contribution in [3.05, 3.63) is 29.8 Å². The molecule has 0 unspecified atom stereocenters. The van der Waals surface area contributed by atoms with Gasteiger partial charge in [0, 0.05) is 18.8 Å². The summed E-state index contributed by atoms with van der Waals surface area (Å²) in [6.07, 6.45) is 3.44. The van der Waals surface area contributed by atoms with Crippen LogP contribution in [0.25, 0.3) is 0 Å². The topological polar surface area (TPSA) is 115 Å². The number of hydrogen-bond acceptors (Lipinski definition) is 8. The number of nitrogens with one attached hydrogen (secondary N) is 3. The van der Waals surface area contributed by atoms with E-state index >= 15 is 0 Å². The molecule has 136 valence electrons. The van der Waals surface area contributed by atoms with Gasteiger partial charge < -0.3 is 26.2 Å². The van der Waals surface area contributed by atoms with Gasteiger partial charge in [-0.1, -0.05) is 25.5 Å². The van der Waals surface area contributed by atoms with Gasteiger partial charge in [-0.3, -0.25) is 0 Å². The molecule has 25 heavy (non-hydrogen) atoms. The minimum Gasteiger partial charge on any atom is -0.395 e. The van der Waals surface area contributed by atoms with Crippen LogP contribution in [-0.4, -0.2) is 51.5 Å². The van der Waals surface area contributed by atoms with Gasteiger partial charge >= 0.3 is 0 Å². The fraction of sp³-hybridized carbons (Fsp3) is 0.471. The van der Waals surface area contributed by atoms with Crippen molar-refractivity contribution < 1.29 is 10.2 Å². The van der Waals surface area contributed by atoms with E-state index in [1.54, 1.807) is 0 Å². The minimum absolute atomic E-state index is 0.0208. The summed E-state index contributed by atoms with van der Waals surface area (Å²) in [5.74, 6) is 1.09. The van der Waals surface area contributed by atoms with Crippen LogP contribution >= 0.6 is 0 Å². The Balaban J connectivity index is 2.10.